The fraction of sp³-hybridized carbons (Fsp3) is 0.800. The second kappa shape index (κ2) is 6.30. The maximum Gasteiger partial charge on any atom is 0.437 e. The molecule has 0 aliphatic heterocycles. The molecule has 10 heteroatoms. The topological polar surface area (TPSA) is 104 Å². The number of rotatable bonds is 6. The van der Waals surface area contributed by atoms with Crippen LogP contribution < -0.4 is 0 Å². The molecule has 7 nitrogen and oxygen atoms in total. The summed E-state index contributed by atoms with van der Waals surface area (Å²) in [5, 5.41) is -4.60. The highest BCUT2D eigenvalue weighted by Gasteiger charge is 2.59. The van der Waals surface area contributed by atoms with E-state index in [4.69, 9.17) is 4.74 Å². The molecule has 2 unspecified atom stereocenters. The fourth-order valence-corrected chi connectivity index (χ4v) is 4.79. The summed E-state index contributed by atoms with van der Waals surface area (Å²) in [7, 11) is -4.29. The van der Waals surface area contributed by atoms with Crippen LogP contribution in [0.5, 0.6) is 0 Å². The molecule has 0 aromatic heterocycles. The van der Waals surface area contributed by atoms with Crippen molar-refractivity contribution in [3.05, 3.63) is 0 Å². The number of carbonyl (C=O) groups is 3. The highest BCUT2D eigenvalue weighted by molar-refractivity contribution is 7.74. The third-order valence-electron chi connectivity index (χ3n) is 5.45. The zero-order valence-corrected chi connectivity index (χ0v) is 14.1. The van der Waals surface area contributed by atoms with E-state index >= 15 is 0 Å². The maximum absolute atomic E-state index is 12.9. The average Bonchev–Trinajstić information content (AvgIpc) is 2.54. The molecule has 0 heterocycles. The van der Waals surface area contributed by atoms with E-state index in [-0.39, 0.29) is 17.6 Å². The summed E-state index contributed by atoms with van der Waals surface area (Å²) >= 11 is 0. The first-order valence-electron chi connectivity index (χ1n) is 8.06. The minimum atomic E-state index is -4.60. The van der Waals surface area contributed by atoms with Gasteiger partial charge >= 0.3 is 17.2 Å². The Morgan fingerprint density at radius 2 is 1.64 bits per heavy atom. The quantitative estimate of drug-likeness (QED) is 0.410. The van der Waals surface area contributed by atoms with Crippen molar-refractivity contribution < 1.29 is 41.1 Å². The summed E-state index contributed by atoms with van der Waals surface area (Å²) in [6.45, 7) is -1.10. The van der Waals surface area contributed by atoms with Crippen LogP contribution in [0.3, 0.4) is 0 Å². The third kappa shape index (κ3) is 3.16. The molecule has 4 aliphatic rings. The number of alkyl halides is 2. The van der Waals surface area contributed by atoms with Crippen LogP contribution in [0, 0.1) is 23.2 Å². The molecule has 4 aliphatic carbocycles. The largest absolute Gasteiger partial charge is 0.462 e. The Balaban J connectivity index is 1.51. The Morgan fingerprint density at radius 1 is 1.08 bits per heavy atom. The number of halogens is 2. The van der Waals surface area contributed by atoms with Crippen LogP contribution >= 0.6 is 0 Å². The van der Waals surface area contributed by atoms with Gasteiger partial charge in [0, 0.05) is 11.8 Å². The summed E-state index contributed by atoms with van der Waals surface area (Å²) in [4.78, 5) is 35.5. The molecule has 2 atom stereocenters. The van der Waals surface area contributed by atoms with Gasteiger partial charge in [0.1, 0.15) is 19.0 Å². The first-order chi connectivity index (χ1) is 11.7. The van der Waals surface area contributed by atoms with Crippen LogP contribution in [0.25, 0.3) is 0 Å². The number of hydrogen-bond donors (Lipinski definition) is 1. The number of ketones is 1. The van der Waals surface area contributed by atoms with Gasteiger partial charge in [0.2, 0.25) is 10.7 Å². The summed E-state index contributed by atoms with van der Waals surface area (Å²) in [5.74, 6) is -2.36. The van der Waals surface area contributed by atoms with Gasteiger partial charge in [0.05, 0.1) is 5.41 Å². The summed E-state index contributed by atoms with van der Waals surface area (Å²) in [6, 6.07) is 0. The van der Waals surface area contributed by atoms with Crippen LogP contribution in [-0.4, -0.2) is 44.6 Å². The van der Waals surface area contributed by atoms with E-state index in [1.807, 2.05) is 0 Å². The van der Waals surface area contributed by atoms with E-state index in [0.29, 0.717) is 25.2 Å². The van der Waals surface area contributed by atoms with Crippen molar-refractivity contribution in [2.24, 2.45) is 23.2 Å². The first-order valence-corrected chi connectivity index (χ1v) is 9.24. The Labute approximate surface area is 144 Å². The van der Waals surface area contributed by atoms with Gasteiger partial charge in [0.25, 0.3) is 0 Å². The lowest BCUT2D eigenvalue weighted by molar-refractivity contribution is -0.178. The van der Waals surface area contributed by atoms with E-state index in [1.54, 1.807) is 0 Å². The molecule has 0 radical (unpaired) electrons. The molecule has 0 aromatic rings. The molecular weight excluding hydrogens is 362 g/mol. The SMILES string of the molecule is O=C1C2CC3CC1CC(C(=O)OCCOC(=O)C(F)(F)[SH](=O)=O)(C3)C2. The minimum Gasteiger partial charge on any atom is -0.462 e. The second-order valence-corrected chi connectivity index (χ2v) is 8.17. The normalized spacial score (nSPS) is 33.6. The molecule has 0 N–H and O–H groups in total. The van der Waals surface area contributed by atoms with Crippen LogP contribution in [0.4, 0.5) is 8.78 Å². The standard InChI is InChI=1S/C15H18F2O7S/c16-15(17,25(21)22)13(20)24-2-1-23-12(19)14-5-8-3-9(6-14)11(18)10(4-8)7-14/h8-10,25H,1-7H2. The second-order valence-electron chi connectivity index (χ2n) is 7.10. The van der Waals surface area contributed by atoms with Crippen LogP contribution in [0.2, 0.25) is 0 Å². The molecule has 0 aromatic carbocycles. The predicted molar refractivity (Wildman–Crippen MR) is 78.2 cm³/mol. The first kappa shape index (κ1) is 18.2. The zero-order chi connectivity index (χ0) is 18.4. The van der Waals surface area contributed by atoms with Crippen LogP contribution in [-0.2, 0) is 34.6 Å². The maximum atomic E-state index is 12.9. The van der Waals surface area contributed by atoms with Gasteiger partial charge in [-0.15, -0.1) is 0 Å². The van der Waals surface area contributed by atoms with Crippen molar-refractivity contribution in [3.63, 3.8) is 0 Å². The lowest BCUT2D eigenvalue weighted by atomic mass is 9.49. The Bertz CT molecular complexity index is 661. The molecule has 4 saturated carbocycles. The Kier molecular flexibility index (Phi) is 4.59. The van der Waals surface area contributed by atoms with Crippen molar-refractivity contribution in [1.82, 2.24) is 0 Å². The third-order valence-corrected chi connectivity index (χ3v) is 6.09. The Hall–Kier alpha value is -1.58. The van der Waals surface area contributed by atoms with E-state index < -0.39 is 46.5 Å². The van der Waals surface area contributed by atoms with E-state index in [0.717, 1.165) is 12.8 Å². The van der Waals surface area contributed by atoms with Crippen molar-refractivity contribution in [3.8, 4) is 0 Å². The van der Waals surface area contributed by atoms with Gasteiger partial charge in [-0.05, 0) is 38.0 Å². The van der Waals surface area contributed by atoms with E-state index in [2.05, 4.69) is 4.74 Å². The number of Topliss-reactive ketones (excluding diaryl/α,β-unsaturated/α-hetero) is 1. The summed E-state index contributed by atoms with van der Waals surface area (Å²) < 4.78 is 55.5. The molecular formula is C15H18F2O7S. The summed E-state index contributed by atoms with van der Waals surface area (Å²) in [6.07, 6.45) is 3.17. The lowest BCUT2D eigenvalue weighted by Crippen LogP contribution is -2.55. The van der Waals surface area contributed by atoms with Gasteiger partial charge in [-0.1, -0.05) is 0 Å². The van der Waals surface area contributed by atoms with Crippen molar-refractivity contribution >= 4 is 28.4 Å². The molecule has 25 heavy (non-hydrogen) atoms. The summed E-state index contributed by atoms with van der Waals surface area (Å²) in [5.41, 5.74) is -0.712. The van der Waals surface area contributed by atoms with Gasteiger partial charge in [-0.25, -0.2) is 13.2 Å². The Morgan fingerprint density at radius 3 is 2.20 bits per heavy atom. The number of hydrogen-bond acceptors (Lipinski definition) is 7. The molecule has 0 spiro atoms. The highest BCUT2D eigenvalue weighted by Crippen LogP contribution is 2.59. The van der Waals surface area contributed by atoms with Gasteiger partial charge < -0.3 is 9.47 Å². The number of carbonyl (C=O) groups excluding carboxylic acids is 3. The van der Waals surface area contributed by atoms with Gasteiger partial charge in [-0.2, -0.15) is 8.78 Å². The average molecular weight is 380 g/mol. The molecule has 0 saturated heterocycles. The number of thiol groups is 1. The lowest BCUT2D eigenvalue weighted by Gasteiger charge is -2.53. The van der Waals surface area contributed by atoms with Gasteiger partial charge in [-0.3, -0.25) is 9.59 Å². The van der Waals surface area contributed by atoms with E-state index in [1.165, 1.54) is 0 Å². The smallest absolute Gasteiger partial charge is 0.437 e. The number of esters is 2. The fourth-order valence-electron chi connectivity index (χ4n) is 4.58. The monoisotopic (exact) mass is 380 g/mol. The van der Waals surface area contributed by atoms with Crippen LogP contribution in [0.1, 0.15) is 32.1 Å². The molecule has 4 bridgehead atoms. The van der Waals surface area contributed by atoms with E-state index in [9.17, 15) is 31.6 Å². The predicted octanol–water partition coefficient (Wildman–Crippen LogP) is 0.672. The molecule has 4 fully saturated rings. The molecule has 4 rings (SSSR count). The van der Waals surface area contributed by atoms with Crippen molar-refractivity contribution in [2.45, 2.75) is 37.4 Å². The molecule has 0 amide bonds. The highest BCUT2D eigenvalue weighted by atomic mass is 32.2. The molecule has 140 valence electrons. The number of ether oxygens (including phenoxy) is 2. The van der Waals surface area contributed by atoms with Crippen molar-refractivity contribution in [1.29, 1.82) is 0 Å². The van der Waals surface area contributed by atoms with Crippen molar-refractivity contribution in [2.75, 3.05) is 13.2 Å². The minimum absolute atomic E-state index is 0.108. The zero-order valence-electron chi connectivity index (χ0n) is 13.2. The van der Waals surface area contributed by atoms with Crippen LogP contribution in [0.15, 0.2) is 0 Å². The van der Waals surface area contributed by atoms with Gasteiger partial charge in [0.15, 0.2) is 0 Å².